The molecule has 0 saturated carbocycles. The number of carbonyl (C=O) groups excluding carboxylic acids is 3. The fourth-order valence-electron chi connectivity index (χ4n) is 10.00. The van der Waals surface area contributed by atoms with Crippen LogP contribution >= 0.6 is 7.82 Å². The molecule has 0 fully saturated rings. The van der Waals surface area contributed by atoms with E-state index in [-0.39, 0.29) is 31.8 Å². The molecule has 2 atom stereocenters. The van der Waals surface area contributed by atoms with Gasteiger partial charge in [-0.1, -0.05) is 111 Å². The van der Waals surface area contributed by atoms with Crippen molar-refractivity contribution in [2.75, 3.05) is 50.1 Å². The number of anilines is 1. The van der Waals surface area contributed by atoms with E-state index in [4.69, 9.17) is 18.5 Å². The van der Waals surface area contributed by atoms with Crippen LogP contribution in [0.1, 0.15) is 71.9 Å². The van der Waals surface area contributed by atoms with Gasteiger partial charge in [0.25, 0.3) is 0 Å². The molecule has 15 nitrogen and oxygen atoms in total. The molecule has 100 heavy (non-hydrogen) atoms. The molecule has 2 heterocycles. The third kappa shape index (κ3) is 25.1. The summed E-state index contributed by atoms with van der Waals surface area (Å²) in [4.78, 5) is 51.5. The van der Waals surface area contributed by atoms with Crippen molar-refractivity contribution in [1.82, 2.24) is 5.32 Å². The van der Waals surface area contributed by atoms with Gasteiger partial charge >= 0.3 is 19.8 Å². The number of hydrogen-bond acceptors (Lipinski definition) is 12. The zero-order valence-corrected chi connectivity index (χ0v) is 57.0. The van der Waals surface area contributed by atoms with Crippen LogP contribution in [0.15, 0.2) is 121 Å². The summed E-state index contributed by atoms with van der Waals surface area (Å²) >= 11 is 0. The molecular formula is C83H60N3O12PS. The molecule has 0 aromatic heterocycles. The van der Waals surface area contributed by atoms with Crippen molar-refractivity contribution in [2.24, 2.45) is 0 Å². The van der Waals surface area contributed by atoms with Gasteiger partial charge in [-0.15, -0.1) is 0 Å². The maximum Gasteiger partial charge on any atom is 0.472 e. The Morgan fingerprint density at radius 2 is 1.09 bits per heavy atom. The Morgan fingerprint density at radius 1 is 0.600 bits per heavy atom. The third-order valence-corrected chi connectivity index (χ3v) is 15.8. The van der Waals surface area contributed by atoms with Crippen LogP contribution in [-0.4, -0.2) is 97.3 Å². The number of rotatable bonds is 22. The number of nitrogens with zero attached hydrogens (tertiary/aromatic N) is 2. The van der Waals surface area contributed by atoms with Crippen LogP contribution in [0.4, 0.5) is 11.4 Å². The molecule has 2 N–H and O–H groups in total. The van der Waals surface area contributed by atoms with E-state index in [0.29, 0.717) is 13.0 Å². The molecule has 1 amide bonds. The number of unbranched alkanes of at least 4 members (excludes halogenated alkanes) is 1. The molecule has 0 saturated heterocycles. The summed E-state index contributed by atoms with van der Waals surface area (Å²) in [7, 11) is -9.24. The number of nitrogens with one attached hydrogen (secondary N) is 1. The van der Waals surface area contributed by atoms with Gasteiger partial charge in [-0.2, -0.15) is 4.58 Å². The summed E-state index contributed by atoms with van der Waals surface area (Å²) in [6.07, 6.45) is 13.1. The third-order valence-electron chi connectivity index (χ3n) is 14.0. The first kappa shape index (κ1) is 76.2. The SMILES string of the molecule is CC#CC#CC#CC#CC#CC#CC#CC#CC(=O)OCC(COP(=O)(O)OCCNC(=O)CCN1/C(=C/C=C/C=C/C=C/C2=[N+](CCCCS(=O)(=O)[O-])c3ccc4ccccc4c3C2(C)C)C(C)(C)c2c1ccc1ccccc21)OC(=O)C#CC#CC#CC#CC#CC#CC#CC#CC. The van der Waals surface area contributed by atoms with Crippen molar-refractivity contribution in [3.8, 4) is 189 Å². The van der Waals surface area contributed by atoms with Crippen molar-refractivity contribution in [1.29, 1.82) is 0 Å². The van der Waals surface area contributed by atoms with E-state index in [0.717, 1.165) is 49.9 Å². The maximum absolute atomic E-state index is 13.5. The Balaban J connectivity index is 1.07. The highest BCUT2D eigenvalue weighted by molar-refractivity contribution is 7.85. The lowest BCUT2D eigenvalue weighted by Gasteiger charge is -2.27. The zero-order chi connectivity index (χ0) is 71.9. The second-order valence-corrected chi connectivity index (χ2v) is 24.5. The maximum atomic E-state index is 13.5. The molecule has 0 bridgehead atoms. The summed E-state index contributed by atoms with van der Waals surface area (Å²) in [6.45, 7) is 10.5. The van der Waals surface area contributed by atoms with E-state index < -0.39 is 72.4 Å². The van der Waals surface area contributed by atoms with Crippen molar-refractivity contribution >= 4 is 74.4 Å². The first-order chi connectivity index (χ1) is 48.3. The summed E-state index contributed by atoms with van der Waals surface area (Å²) in [5.74, 6) is 74.6. The number of phosphoric acid groups is 1. The van der Waals surface area contributed by atoms with Gasteiger partial charge in [-0.25, -0.2) is 22.6 Å². The molecule has 0 aliphatic carbocycles. The van der Waals surface area contributed by atoms with Crippen LogP contribution in [0.25, 0.3) is 21.5 Å². The Labute approximate surface area is 585 Å². The number of benzene rings is 4. The first-order valence-corrected chi connectivity index (χ1v) is 33.6. The molecule has 0 spiro atoms. The van der Waals surface area contributed by atoms with Crippen LogP contribution < -0.4 is 10.2 Å². The lowest BCUT2D eigenvalue weighted by atomic mass is 9.79. The van der Waals surface area contributed by atoms with Gasteiger partial charge in [-0.3, -0.25) is 13.8 Å². The fraction of sp³-hybridized carbons (Fsp3) is 0.229. The van der Waals surface area contributed by atoms with E-state index in [1.807, 2.05) is 66.8 Å². The molecular weight excluding hydrogens is 1290 g/mol. The number of allylic oxidation sites excluding steroid dienone is 8. The van der Waals surface area contributed by atoms with Crippen LogP contribution in [0, 0.1) is 189 Å². The monoisotopic (exact) mass is 1350 g/mol. The molecule has 17 heteroatoms. The normalized spacial score (nSPS) is 13.1. The molecule has 490 valence electrons. The van der Waals surface area contributed by atoms with Gasteiger partial charge in [0.2, 0.25) is 11.6 Å². The zero-order valence-electron chi connectivity index (χ0n) is 55.3. The number of ether oxygens (including phenoxy) is 2. The molecule has 2 unspecified atom stereocenters. The quantitative estimate of drug-likeness (QED) is 0.0112. The minimum atomic E-state index is -4.91. The van der Waals surface area contributed by atoms with Gasteiger partial charge in [0.05, 0.1) is 28.7 Å². The van der Waals surface area contributed by atoms with Crippen LogP contribution in [-0.2, 0) is 58.4 Å². The van der Waals surface area contributed by atoms with E-state index >= 15 is 0 Å². The van der Waals surface area contributed by atoms with Gasteiger partial charge in [0, 0.05) is 78.0 Å². The van der Waals surface area contributed by atoms with Gasteiger partial charge < -0.3 is 29.1 Å². The van der Waals surface area contributed by atoms with Crippen molar-refractivity contribution in [3.63, 3.8) is 0 Å². The lowest BCUT2D eigenvalue weighted by Crippen LogP contribution is -2.33. The summed E-state index contributed by atoms with van der Waals surface area (Å²) < 4.78 is 70.2. The van der Waals surface area contributed by atoms with Crippen molar-refractivity contribution in [3.05, 3.63) is 132 Å². The Hall–Kier alpha value is -12.8. The van der Waals surface area contributed by atoms with E-state index in [1.165, 1.54) is 5.56 Å². The predicted molar refractivity (Wildman–Crippen MR) is 386 cm³/mol. The Morgan fingerprint density at radius 3 is 1.64 bits per heavy atom. The van der Waals surface area contributed by atoms with Gasteiger partial charge in [0.1, 0.15) is 13.2 Å². The Bertz CT molecular complexity index is 5380. The molecule has 6 rings (SSSR count). The van der Waals surface area contributed by atoms with Crippen LogP contribution in [0.2, 0.25) is 0 Å². The van der Waals surface area contributed by atoms with Gasteiger partial charge in [0.15, 0.2) is 11.8 Å². The lowest BCUT2D eigenvalue weighted by molar-refractivity contribution is -0.438. The van der Waals surface area contributed by atoms with Crippen molar-refractivity contribution < 1.29 is 59.9 Å². The Kier molecular flexibility index (Phi) is 30.4. The highest BCUT2D eigenvalue weighted by Gasteiger charge is 2.45. The molecule has 0 radical (unpaired) electrons. The van der Waals surface area contributed by atoms with E-state index in [2.05, 4.69) is 280 Å². The average molecular weight is 1350 g/mol. The van der Waals surface area contributed by atoms with E-state index in [1.54, 1.807) is 13.8 Å². The van der Waals surface area contributed by atoms with Crippen molar-refractivity contribution in [2.45, 2.75) is 77.7 Å². The molecule has 2 aliphatic rings. The second kappa shape index (κ2) is 39.9. The number of esters is 2. The number of carbonyl (C=O) groups is 3. The van der Waals surface area contributed by atoms with E-state index in [9.17, 15) is 36.8 Å². The highest BCUT2D eigenvalue weighted by Crippen LogP contribution is 2.51. The topological polar surface area (TPSA) is 201 Å². The first-order valence-electron chi connectivity index (χ1n) is 30.5. The number of amides is 1. The predicted octanol–water partition coefficient (Wildman–Crippen LogP) is 8.23. The number of fused-ring (bicyclic) bond motifs is 6. The summed E-state index contributed by atoms with van der Waals surface area (Å²) in [5.41, 5.74) is 5.35. The molecule has 4 aromatic rings. The van der Waals surface area contributed by atoms with Crippen LogP contribution in [0.5, 0.6) is 0 Å². The van der Waals surface area contributed by atoms with Crippen LogP contribution in [0.3, 0.4) is 0 Å². The standard InChI is InChI=1S/C83H60N3O12PS/c1-7-9-11-13-15-17-19-21-23-25-27-29-31-36-40-54-78(88)95-66-70(98-79(89)55-41-37-32-30-28-26-24-22-20-18-16-14-12-10-8-2)67-97-99(90,91)96-64-61-84-77(87)60-63-86-74-59-57-69-49-43-45-51-72(69)81(74)83(5,6)76(86)53-39-35-33-34-38-52-75-82(3,4)80-71-50-44-42-48-68(71)56-58-73(80)85(75)62-46-47-65-100(92,93)94/h33-35,38-39,42-45,48-53,56-59,70H,46-47,60-67H2,1-6H3,(H2-,84,87,90,91,92,93,94). The average Bonchev–Trinajstić information content (AvgIpc) is 1.58. The summed E-state index contributed by atoms with van der Waals surface area (Å²) in [5, 5.41) is 7.12. The minimum absolute atomic E-state index is 0.0217. The second-order valence-electron chi connectivity index (χ2n) is 21.5. The smallest absolute Gasteiger partial charge is 0.472 e. The van der Waals surface area contributed by atoms with Gasteiger partial charge in [-0.05, 0) is 245 Å². The fourth-order valence-corrected chi connectivity index (χ4v) is 11.3. The minimum Gasteiger partial charge on any atom is -0.748 e. The number of hydrogen-bond donors (Lipinski definition) is 2. The highest BCUT2D eigenvalue weighted by atomic mass is 32.2. The summed E-state index contributed by atoms with van der Waals surface area (Å²) in [6, 6.07) is 24.7. The number of phosphoric ester groups is 1. The molecule has 2 aliphatic heterocycles. The largest absolute Gasteiger partial charge is 0.748 e. The molecule has 4 aromatic carbocycles.